The number of nitrogens with zero attached hydrogens (tertiary/aromatic N) is 1. The first kappa shape index (κ1) is 12.3. The van der Waals surface area contributed by atoms with Gasteiger partial charge in [-0.15, -0.1) is 0 Å². The van der Waals surface area contributed by atoms with Crippen LogP contribution < -0.4 is 5.32 Å². The fourth-order valence-electron chi connectivity index (χ4n) is 2.53. The van der Waals surface area contributed by atoms with Crippen LogP contribution in [0.2, 0.25) is 0 Å². The van der Waals surface area contributed by atoms with Gasteiger partial charge in [-0.3, -0.25) is 4.39 Å². The molecule has 0 radical (unpaired) electrons. The summed E-state index contributed by atoms with van der Waals surface area (Å²) in [7, 11) is -3.24. The lowest BCUT2D eigenvalue weighted by molar-refractivity contribution is 0.380. The normalized spacial score (nSPS) is 31.6. The van der Waals surface area contributed by atoms with Gasteiger partial charge in [-0.2, -0.15) is 0 Å². The Morgan fingerprint density at radius 3 is 2.75 bits per heavy atom. The average Bonchev–Trinajstić information content (AvgIpc) is 2.54. The number of halogens is 1. The third-order valence-corrected chi connectivity index (χ3v) is 5.34. The van der Waals surface area contributed by atoms with E-state index in [-0.39, 0.29) is 12.2 Å². The second kappa shape index (κ2) is 4.98. The van der Waals surface area contributed by atoms with Crippen LogP contribution in [-0.2, 0) is 10.0 Å². The van der Waals surface area contributed by atoms with E-state index in [4.69, 9.17) is 0 Å². The van der Waals surface area contributed by atoms with Gasteiger partial charge in [0.1, 0.15) is 0 Å². The van der Waals surface area contributed by atoms with Gasteiger partial charge in [0, 0.05) is 25.2 Å². The molecule has 2 aliphatic rings. The molecule has 0 aromatic heterocycles. The number of alkyl halides is 1. The lowest BCUT2D eigenvalue weighted by Gasteiger charge is -2.23. The average molecular weight is 250 g/mol. The van der Waals surface area contributed by atoms with Crippen LogP contribution in [0.5, 0.6) is 0 Å². The molecule has 2 aliphatic heterocycles. The van der Waals surface area contributed by atoms with Crippen molar-refractivity contribution in [2.45, 2.75) is 37.8 Å². The SMILES string of the molecule is O=S(=O)(CCCF)N1CCC2CCC(C1)N2. The van der Waals surface area contributed by atoms with Crippen LogP contribution in [0.1, 0.15) is 25.7 Å². The van der Waals surface area contributed by atoms with Gasteiger partial charge in [0.05, 0.1) is 12.4 Å². The highest BCUT2D eigenvalue weighted by molar-refractivity contribution is 7.89. The van der Waals surface area contributed by atoms with E-state index < -0.39 is 16.7 Å². The molecule has 6 heteroatoms. The van der Waals surface area contributed by atoms with E-state index in [2.05, 4.69) is 5.32 Å². The highest BCUT2D eigenvalue weighted by atomic mass is 32.2. The second-order valence-electron chi connectivity index (χ2n) is 4.64. The Hall–Kier alpha value is -0.200. The minimum absolute atomic E-state index is 0.0547. The molecule has 2 fully saturated rings. The minimum Gasteiger partial charge on any atom is -0.310 e. The van der Waals surface area contributed by atoms with Crippen molar-refractivity contribution in [3.8, 4) is 0 Å². The number of rotatable bonds is 4. The van der Waals surface area contributed by atoms with Gasteiger partial charge in [0.2, 0.25) is 10.0 Å². The van der Waals surface area contributed by atoms with E-state index >= 15 is 0 Å². The summed E-state index contributed by atoms with van der Waals surface area (Å²) >= 11 is 0. The lowest BCUT2D eigenvalue weighted by Crippen LogP contribution is -2.40. The molecule has 2 heterocycles. The van der Waals surface area contributed by atoms with Crippen molar-refractivity contribution in [2.24, 2.45) is 0 Å². The molecular formula is C10H19FN2O2S. The molecule has 2 saturated heterocycles. The number of sulfonamides is 1. The van der Waals surface area contributed by atoms with Crippen molar-refractivity contribution in [3.05, 3.63) is 0 Å². The maximum atomic E-state index is 12.0. The zero-order chi connectivity index (χ0) is 11.6. The van der Waals surface area contributed by atoms with Crippen molar-refractivity contribution in [1.82, 2.24) is 9.62 Å². The van der Waals surface area contributed by atoms with Crippen LogP contribution >= 0.6 is 0 Å². The van der Waals surface area contributed by atoms with Crippen LogP contribution in [0.25, 0.3) is 0 Å². The maximum Gasteiger partial charge on any atom is 0.214 e. The Balaban J connectivity index is 1.98. The van der Waals surface area contributed by atoms with Crippen molar-refractivity contribution >= 4 is 10.0 Å². The van der Waals surface area contributed by atoms with Crippen molar-refractivity contribution in [2.75, 3.05) is 25.5 Å². The van der Waals surface area contributed by atoms with Crippen molar-refractivity contribution in [1.29, 1.82) is 0 Å². The Bertz CT molecular complexity index is 334. The maximum absolute atomic E-state index is 12.0. The van der Waals surface area contributed by atoms with E-state index in [1.165, 1.54) is 0 Å². The molecule has 0 aromatic rings. The van der Waals surface area contributed by atoms with Gasteiger partial charge in [-0.25, -0.2) is 12.7 Å². The van der Waals surface area contributed by atoms with Gasteiger partial charge in [-0.05, 0) is 25.7 Å². The highest BCUT2D eigenvalue weighted by Crippen LogP contribution is 2.22. The number of hydrogen-bond donors (Lipinski definition) is 1. The molecule has 2 atom stereocenters. The van der Waals surface area contributed by atoms with Gasteiger partial charge in [0.25, 0.3) is 0 Å². The molecule has 0 aromatic carbocycles. The summed E-state index contributed by atoms with van der Waals surface area (Å²) in [5.74, 6) is -0.0547. The number of fused-ring (bicyclic) bond motifs is 2. The van der Waals surface area contributed by atoms with Crippen LogP contribution in [0.15, 0.2) is 0 Å². The predicted molar refractivity (Wildman–Crippen MR) is 60.5 cm³/mol. The van der Waals surface area contributed by atoms with Gasteiger partial charge in [-0.1, -0.05) is 0 Å². The minimum atomic E-state index is -3.24. The largest absolute Gasteiger partial charge is 0.310 e. The second-order valence-corrected chi connectivity index (χ2v) is 6.73. The summed E-state index contributed by atoms with van der Waals surface area (Å²) in [5, 5.41) is 3.43. The van der Waals surface area contributed by atoms with Crippen molar-refractivity contribution in [3.63, 3.8) is 0 Å². The third-order valence-electron chi connectivity index (χ3n) is 3.42. The van der Waals surface area contributed by atoms with Gasteiger partial charge >= 0.3 is 0 Å². The summed E-state index contributed by atoms with van der Waals surface area (Å²) in [6.45, 7) is 0.589. The number of nitrogens with one attached hydrogen (secondary N) is 1. The summed E-state index contributed by atoms with van der Waals surface area (Å²) in [6.07, 6.45) is 3.20. The fourth-order valence-corrected chi connectivity index (χ4v) is 4.05. The first-order chi connectivity index (χ1) is 7.62. The van der Waals surface area contributed by atoms with E-state index in [0.29, 0.717) is 25.2 Å². The first-order valence-electron chi connectivity index (χ1n) is 5.91. The van der Waals surface area contributed by atoms with Crippen molar-refractivity contribution < 1.29 is 12.8 Å². The fraction of sp³-hybridized carbons (Fsp3) is 1.00. The molecule has 0 saturated carbocycles. The first-order valence-corrected chi connectivity index (χ1v) is 7.52. The zero-order valence-corrected chi connectivity index (χ0v) is 10.2. The van der Waals surface area contributed by atoms with E-state index in [9.17, 15) is 12.8 Å². The van der Waals surface area contributed by atoms with Gasteiger partial charge in [0.15, 0.2) is 0 Å². The molecule has 16 heavy (non-hydrogen) atoms. The number of hydrogen-bond acceptors (Lipinski definition) is 3. The lowest BCUT2D eigenvalue weighted by atomic mass is 10.1. The summed E-state index contributed by atoms with van der Waals surface area (Å²) < 4.78 is 37.4. The summed E-state index contributed by atoms with van der Waals surface area (Å²) in [6, 6.07) is 0.777. The zero-order valence-electron chi connectivity index (χ0n) is 9.36. The predicted octanol–water partition coefficient (Wildman–Crippen LogP) is 0.502. The van der Waals surface area contributed by atoms with Crippen LogP contribution in [0.3, 0.4) is 0 Å². The van der Waals surface area contributed by atoms with Crippen LogP contribution in [0.4, 0.5) is 4.39 Å². The molecule has 2 unspecified atom stereocenters. The summed E-state index contributed by atoms with van der Waals surface area (Å²) in [4.78, 5) is 0. The molecule has 1 N–H and O–H groups in total. The molecule has 94 valence electrons. The van der Waals surface area contributed by atoms with E-state index in [1.807, 2.05) is 0 Å². The molecule has 2 bridgehead atoms. The van der Waals surface area contributed by atoms with E-state index in [1.54, 1.807) is 4.31 Å². The summed E-state index contributed by atoms with van der Waals surface area (Å²) in [5.41, 5.74) is 0. The standard InChI is InChI=1S/C10H19FN2O2S/c11-5-1-7-16(14,15)13-6-4-9-2-3-10(8-13)12-9/h9-10,12H,1-8H2. The highest BCUT2D eigenvalue weighted by Gasteiger charge is 2.33. The van der Waals surface area contributed by atoms with Crippen LogP contribution in [-0.4, -0.2) is 50.3 Å². The monoisotopic (exact) mass is 250 g/mol. The molecular weight excluding hydrogens is 231 g/mol. The van der Waals surface area contributed by atoms with Crippen LogP contribution in [0, 0.1) is 0 Å². The Labute approximate surface area is 96.2 Å². The third kappa shape index (κ3) is 2.73. The molecule has 0 spiro atoms. The molecule has 2 rings (SSSR count). The molecule has 4 nitrogen and oxygen atoms in total. The Kier molecular flexibility index (Phi) is 3.81. The Morgan fingerprint density at radius 2 is 2.00 bits per heavy atom. The Morgan fingerprint density at radius 1 is 1.25 bits per heavy atom. The van der Waals surface area contributed by atoms with E-state index in [0.717, 1.165) is 19.3 Å². The molecule has 0 aliphatic carbocycles. The smallest absolute Gasteiger partial charge is 0.214 e. The molecule has 0 amide bonds. The topological polar surface area (TPSA) is 49.4 Å². The quantitative estimate of drug-likeness (QED) is 0.790. The van der Waals surface area contributed by atoms with Gasteiger partial charge < -0.3 is 5.32 Å².